The number of hydrogen-bond acceptors (Lipinski definition) is 5. The number of carboxylic acids is 1. The molecular weight excluding hydrogens is 436 g/mol. The minimum atomic E-state index is -1.08. The molecule has 0 saturated carbocycles. The summed E-state index contributed by atoms with van der Waals surface area (Å²) < 4.78 is 11.2. The number of amides is 2. The van der Waals surface area contributed by atoms with Gasteiger partial charge in [-0.15, -0.1) is 0 Å². The molecule has 180 valence electrons. The van der Waals surface area contributed by atoms with E-state index in [1.807, 2.05) is 24.3 Å². The molecule has 2 aromatic rings. The number of rotatable bonds is 8. The molecule has 1 aliphatic carbocycles. The van der Waals surface area contributed by atoms with Crippen LogP contribution in [-0.2, 0) is 19.1 Å². The minimum Gasteiger partial charge on any atom is -0.480 e. The zero-order valence-electron chi connectivity index (χ0n) is 19.3. The number of carbonyl (C=O) groups excluding carboxylic acids is 2. The second kappa shape index (κ2) is 10.3. The van der Waals surface area contributed by atoms with Gasteiger partial charge in [-0.2, -0.15) is 0 Å². The summed E-state index contributed by atoms with van der Waals surface area (Å²) in [5, 5.41) is 11.9. The number of carbonyl (C=O) groups is 3. The van der Waals surface area contributed by atoms with Crippen LogP contribution >= 0.6 is 0 Å². The van der Waals surface area contributed by atoms with Gasteiger partial charge in [0.05, 0.1) is 12.0 Å². The summed E-state index contributed by atoms with van der Waals surface area (Å²) in [6, 6.07) is 16.2. The summed E-state index contributed by atoms with van der Waals surface area (Å²) in [6.45, 7) is 2.48. The van der Waals surface area contributed by atoms with E-state index in [1.54, 1.807) is 6.92 Å². The first kappa shape index (κ1) is 23.8. The fourth-order valence-corrected chi connectivity index (χ4v) is 4.95. The van der Waals surface area contributed by atoms with Gasteiger partial charge in [0.25, 0.3) is 0 Å². The highest BCUT2D eigenvalue weighted by Gasteiger charge is 2.43. The van der Waals surface area contributed by atoms with E-state index in [1.165, 1.54) is 4.90 Å². The second-order valence-corrected chi connectivity index (χ2v) is 8.83. The first-order chi connectivity index (χ1) is 16.4. The summed E-state index contributed by atoms with van der Waals surface area (Å²) in [7, 11) is 0. The molecule has 8 heteroatoms. The lowest BCUT2D eigenvalue weighted by Gasteiger charge is -2.38. The molecule has 2 N–H and O–H groups in total. The second-order valence-electron chi connectivity index (χ2n) is 8.83. The van der Waals surface area contributed by atoms with E-state index in [0.29, 0.717) is 19.4 Å². The van der Waals surface area contributed by atoms with Gasteiger partial charge < -0.3 is 24.8 Å². The number of carboxylic acid groups (broad SMARTS) is 1. The predicted molar refractivity (Wildman–Crippen MR) is 125 cm³/mol. The highest BCUT2D eigenvalue weighted by atomic mass is 16.5. The van der Waals surface area contributed by atoms with Crippen LogP contribution in [0.5, 0.6) is 0 Å². The smallest absolute Gasteiger partial charge is 0.407 e. The van der Waals surface area contributed by atoms with E-state index in [0.717, 1.165) is 22.3 Å². The summed E-state index contributed by atoms with van der Waals surface area (Å²) in [5.74, 6) is -1.46. The first-order valence-electron chi connectivity index (χ1n) is 11.6. The van der Waals surface area contributed by atoms with Crippen LogP contribution in [0.4, 0.5) is 4.79 Å². The Balaban J connectivity index is 1.41. The van der Waals surface area contributed by atoms with Gasteiger partial charge in [0.15, 0.2) is 0 Å². The molecule has 0 spiro atoms. The van der Waals surface area contributed by atoms with E-state index < -0.39 is 17.5 Å². The predicted octanol–water partition coefficient (Wildman–Crippen LogP) is 3.26. The van der Waals surface area contributed by atoms with Crippen LogP contribution < -0.4 is 5.32 Å². The molecule has 2 amide bonds. The third-order valence-electron chi connectivity index (χ3n) is 6.69. The standard InChI is InChI=1S/C26H30N2O6/c1-2-28(14-23(29)30)24(31)26(12-7-13-33-17-26)16-27-25(32)34-15-22-20-10-5-3-8-18(20)19-9-4-6-11-21(19)22/h3-6,8-11,22H,2,7,12-17H2,1H3,(H,27,32)(H,29,30). The molecule has 1 heterocycles. The van der Waals surface area contributed by atoms with Crippen LogP contribution in [0.1, 0.15) is 36.8 Å². The van der Waals surface area contributed by atoms with Crippen molar-refractivity contribution in [1.82, 2.24) is 10.2 Å². The van der Waals surface area contributed by atoms with Gasteiger partial charge in [0.2, 0.25) is 5.91 Å². The van der Waals surface area contributed by atoms with Crippen LogP contribution in [0.25, 0.3) is 11.1 Å². The Bertz CT molecular complexity index is 1020. The van der Waals surface area contributed by atoms with Crippen LogP contribution in [-0.4, -0.2) is 67.4 Å². The molecule has 4 rings (SSSR count). The maximum Gasteiger partial charge on any atom is 0.407 e. The van der Waals surface area contributed by atoms with Crippen LogP contribution in [0.15, 0.2) is 48.5 Å². The molecular formula is C26H30N2O6. The molecule has 1 atom stereocenters. The maximum atomic E-state index is 13.2. The molecule has 1 aliphatic heterocycles. The van der Waals surface area contributed by atoms with E-state index >= 15 is 0 Å². The summed E-state index contributed by atoms with van der Waals surface area (Å²) in [5.41, 5.74) is 3.53. The number of aliphatic carboxylic acids is 1. The summed E-state index contributed by atoms with van der Waals surface area (Å²) >= 11 is 0. The van der Waals surface area contributed by atoms with Crippen molar-refractivity contribution < 1.29 is 29.0 Å². The van der Waals surface area contributed by atoms with Gasteiger partial charge >= 0.3 is 12.1 Å². The monoisotopic (exact) mass is 466 g/mol. The lowest BCUT2D eigenvalue weighted by atomic mass is 9.80. The van der Waals surface area contributed by atoms with E-state index in [4.69, 9.17) is 14.6 Å². The lowest BCUT2D eigenvalue weighted by Crippen LogP contribution is -2.55. The molecule has 0 radical (unpaired) electrons. The average molecular weight is 467 g/mol. The normalized spacial score (nSPS) is 19.1. The topological polar surface area (TPSA) is 105 Å². The number of alkyl carbamates (subject to hydrolysis) is 1. The van der Waals surface area contributed by atoms with Crippen molar-refractivity contribution in [2.75, 3.05) is 39.5 Å². The van der Waals surface area contributed by atoms with Gasteiger partial charge in [0, 0.05) is 25.6 Å². The number of fused-ring (bicyclic) bond motifs is 3. The third kappa shape index (κ3) is 4.77. The van der Waals surface area contributed by atoms with Gasteiger partial charge in [0.1, 0.15) is 13.2 Å². The minimum absolute atomic E-state index is 0.0264. The fourth-order valence-electron chi connectivity index (χ4n) is 4.95. The van der Waals surface area contributed by atoms with Crippen molar-refractivity contribution in [3.05, 3.63) is 59.7 Å². The molecule has 8 nitrogen and oxygen atoms in total. The molecule has 1 unspecified atom stereocenters. The molecule has 1 fully saturated rings. The van der Waals surface area contributed by atoms with Crippen molar-refractivity contribution >= 4 is 18.0 Å². The Morgan fingerprint density at radius 3 is 2.32 bits per heavy atom. The van der Waals surface area contributed by atoms with E-state index in [2.05, 4.69) is 29.6 Å². The lowest BCUT2D eigenvalue weighted by molar-refractivity contribution is -0.155. The first-order valence-corrected chi connectivity index (χ1v) is 11.6. The van der Waals surface area contributed by atoms with Crippen molar-refractivity contribution in [2.45, 2.75) is 25.7 Å². The molecule has 34 heavy (non-hydrogen) atoms. The van der Waals surface area contributed by atoms with Gasteiger partial charge in [-0.1, -0.05) is 48.5 Å². The Morgan fingerprint density at radius 1 is 1.12 bits per heavy atom. The van der Waals surface area contributed by atoms with Crippen molar-refractivity contribution in [2.24, 2.45) is 5.41 Å². The Morgan fingerprint density at radius 2 is 1.76 bits per heavy atom. The number of nitrogens with one attached hydrogen (secondary N) is 1. The average Bonchev–Trinajstić information content (AvgIpc) is 3.18. The maximum absolute atomic E-state index is 13.2. The highest BCUT2D eigenvalue weighted by Crippen LogP contribution is 2.44. The Labute approximate surface area is 198 Å². The van der Waals surface area contributed by atoms with Crippen molar-refractivity contribution in [3.63, 3.8) is 0 Å². The van der Waals surface area contributed by atoms with E-state index in [-0.39, 0.29) is 44.7 Å². The van der Waals surface area contributed by atoms with Crippen molar-refractivity contribution in [1.29, 1.82) is 0 Å². The number of likely N-dealkylation sites (N-methyl/N-ethyl adjacent to an activating group) is 1. The largest absolute Gasteiger partial charge is 0.480 e. The molecule has 1 saturated heterocycles. The van der Waals surface area contributed by atoms with Crippen molar-refractivity contribution in [3.8, 4) is 11.1 Å². The zero-order valence-corrected chi connectivity index (χ0v) is 19.3. The number of nitrogens with zero attached hydrogens (tertiary/aromatic N) is 1. The summed E-state index contributed by atoms with van der Waals surface area (Å²) in [4.78, 5) is 38.4. The summed E-state index contributed by atoms with van der Waals surface area (Å²) in [6.07, 6.45) is 0.551. The third-order valence-corrected chi connectivity index (χ3v) is 6.69. The Kier molecular flexibility index (Phi) is 7.17. The van der Waals surface area contributed by atoms with Crippen LogP contribution in [0.3, 0.4) is 0 Å². The SMILES string of the molecule is CCN(CC(=O)O)C(=O)C1(CNC(=O)OCC2c3ccccc3-c3ccccc32)CCCOC1. The van der Waals surface area contributed by atoms with Gasteiger partial charge in [-0.3, -0.25) is 9.59 Å². The fraction of sp³-hybridized carbons (Fsp3) is 0.423. The van der Waals surface area contributed by atoms with E-state index in [9.17, 15) is 14.4 Å². The Hall–Kier alpha value is -3.39. The number of ether oxygens (including phenoxy) is 2. The van der Waals surface area contributed by atoms with Gasteiger partial charge in [-0.05, 0) is 42.0 Å². The van der Waals surface area contributed by atoms with Crippen LogP contribution in [0, 0.1) is 5.41 Å². The number of benzene rings is 2. The zero-order chi connectivity index (χ0) is 24.1. The number of hydrogen-bond donors (Lipinski definition) is 2. The quantitative estimate of drug-likeness (QED) is 0.619. The molecule has 0 aromatic heterocycles. The molecule has 0 bridgehead atoms. The highest BCUT2D eigenvalue weighted by molar-refractivity contribution is 5.87. The molecule has 2 aliphatic rings. The molecule has 2 aromatic carbocycles. The van der Waals surface area contributed by atoms with Gasteiger partial charge in [-0.25, -0.2) is 4.79 Å². The van der Waals surface area contributed by atoms with Crippen LogP contribution in [0.2, 0.25) is 0 Å².